The topological polar surface area (TPSA) is 103 Å². The number of pyridine rings is 1. The number of aromatic amines is 2. The number of nitrogens with two attached hydrogens (primary N) is 1. The van der Waals surface area contributed by atoms with Crippen molar-refractivity contribution in [2.24, 2.45) is 0 Å². The van der Waals surface area contributed by atoms with Gasteiger partial charge in [-0.2, -0.15) is 0 Å². The number of hydrogen-bond donors (Lipinski definition) is 4. The molecule has 7 nitrogen and oxygen atoms in total. The largest absolute Gasteiger partial charge is 0.397 e. The number of nitrogens with zero attached hydrogens (tertiary/aromatic N) is 2. The summed E-state index contributed by atoms with van der Waals surface area (Å²) in [6.45, 7) is 5.34. The molecule has 32 heavy (non-hydrogen) atoms. The zero-order valence-corrected chi connectivity index (χ0v) is 17.9. The van der Waals surface area contributed by atoms with Crippen molar-refractivity contribution in [3.05, 3.63) is 58.1 Å². The fourth-order valence-corrected chi connectivity index (χ4v) is 4.52. The molecule has 0 unspecified atom stereocenters. The first-order valence-corrected chi connectivity index (χ1v) is 11.1. The molecule has 0 radical (unpaired) electrons. The SMILES string of the molecule is Nc1c(-c2nc3ccc(CNCCCN4CCCC4)cc3[nH]2)c(=O)[nH]c2cccc(F)c12. The molecule has 0 saturated carbocycles. The van der Waals surface area contributed by atoms with Gasteiger partial charge in [-0.25, -0.2) is 9.37 Å². The van der Waals surface area contributed by atoms with E-state index in [-0.39, 0.29) is 16.6 Å². The van der Waals surface area contributed by atoms with Crippen LogP contribution in [0.4, 0.5) is 10.1 Å². The summed E-state index contributed by atoms with van der Waals surface area (Å²) in [6, 6.07) is 10.4. The van der Waals surface area contributed by atoms with Crippen molar-refractivity contribution in [2.75, 3.05) is 31.9 Å². The first-order chi connectivity index (χ1) is 15.6. The monoisotopic (exact) mass is 434 g/mol. The van der Waals surface area contributed by atoms with E-state index >= 15 is 0 Å². The molecule has 1 aliphatic rings. The minimum atomic E-state index is -0.480. The highest BCUT2D eigenvalue weighted by atomic mass is 19.1. The number of rotatable bonds is 7. The maximum atomic E-state index is 14.4. The molecule has 5 N–H and O–H groups in total. The van der Waals surface area contributed by atoms with Crippen LogP contribution in [0.1, 0.15) is 24.8 Å². The fourth-order valence-electron chi connectivity index (χ4n) is 4.52. The molecule has 2 aromatic carbocycles. The number of fused-ring (bicyclic) bond motifs is 2. The van der Waals surface area contributed by atoms with Gasteiger partial charge in [0.1, 0.15) is 17.2 Å². The quantitative estimate of drug-likeness (QED) is 0.334. The molecule has 3 heterocycles. The highest BCUT2D eigenvalue weighted by Crippen LogP contribution is 2.29. The lowest BCUT2D eigenvalue weighted by molar-refractivity contribution is 0.331. The third-order valence-electron chi connectivity index (χ3n) is 6.17. The van der Waals surface area contributed by atoms with Gasteiger partial charge in [-0.05, 0) is 75.3 Å². The molecule has 0 spiro atoms. The summed E-state index contributed by atoms with van der Waals surface area (Å²) in [6.07, 6.45) is 3.79. The van der Waals surface area contributed by atoms with Gasteiger partial charge in [0.15, 0.2) is 0 Å². The molecule has 0 amide bonds. The Hall–Kier alpha value is -3.23. The zero-order chi connectivity index (χ0) is 22.1. The summed E-state index contributed by atoms with van der Waals surface area (Å²) < 4.78 is 14.4. The van der Waals surface area contributed by atoms with Gasteiger partial charge in [-0.1, -0.05) is 12.1 Å². The van der Waals surface area contributed by atoms with Gasteiger partial charge in [0.2, 0.25) is 0 Å². The van der Waals surface area contributed by atoms with Gasteiger partial charge < -0.3 is 25.9 Å². The van der Waals surface area contributed by atoms with Crippen molar-refractivity contribution in [3.8, 4) is 11.4 Å². The molecule has 1 saturated heterocycles. The number of hydrogen-bond acceptors (Lipinski definition) is 5. The molecule has 166 valence electrons. The Morgan fingerprint density at radius 3 is 2.81 bits per heavy atom. The van der Waals surface area contributed by atoms with Crippen LogP contribution in [0, 0.1) is 5.82 Å². The van der Waals surface area contributed by atoms with Gasteiger partial charge >= 0.3 is 0 Å². The molecule has 2 aromatic heterocycles. The Morgan fingerprint density at radius 1 is 1.12 bits per heavy atom. The van der Waals surface area contributed by atoms with E-state index in [4.69, 9.17) is 5.73 Å². The third-order valence-corrected chi connectivity index (χ3v) is 6.17. The van der Waals surface area contributed by atoms with Crippen LogP contribution in [0.2, 0.25) is 0 Å². The lowest BCUT2D eigenvalue weighted by atomic mass is 10.1. The van der Waals surface area contributed by atoms with Crippen molar-refractivity contribution in [3.63, 3.8) is 0 Å². The molecule has 5 rings (SSSR count). The second-order valence-corrected chi connectivity index (χ2v) is 8.42. The van der Waals surface area contributed by atoms with Crippen molar-refractivity contribution in [1.82, 2.24) is 25.2 Å². The number of benzene rings is 2. The summed E-state index contributed by atoms with van der Waals surface area (Å²) in [5.41, 5.74) is 9.07. The zero-order valence-electron chi connectivity index (χ0n) is 17.9. The summed E-state index contributed by atoms with van der Waals surface area (Å²) in [7, 11) is 0. The van der Waals surface area contributed by atoms with Crippen molar-refractivity contribution < 1.29 is 4.39 Å². The first-order valence-electron chi connectivity index (χ1n) is 11.1. The number of imidazole rings is 1. The summed E-state index contributed by atoms with van der Waals surface area (Å²) >= 11 is 0. The van der Waals surface area contributed by atoms with Crippen molar-refractivity contribution in [2.45, 2.75) is 25.8 Å². The highest BCUT2D eigenvalue weighted by molar-refractivity contribution is 5.98. The number of nitrogens with one attached hydrogen (secondary N) is 3. The number of nitrogen functional groups attached to an aromatic ring is 1. The Labute approximate surface area is 184 Å². The van der Waals surface area contributed by atoms with Crippen LogP contribution in [-0.4, -0.2) is 46.0 Å². The van der Waals surface area contributed by atoms with Crippen molar-refractivity contribution in [1.29, 1.82) is 0 Å². The van der Waals surface area contributed by atoms with E-state index in [0.717, 1.165) is 42.7 Å². The molecule has 8 heteroatoms. The lowest BCUT2D eigenvalue weighted by Gasteiger charge is -2.14. The van der Waals surface area contributed by atoms with Crippen LogP contribution >= 0.6 is 0 Å². The van der Waals surface area contributed by atoms with E-state index in [1.807, 2.05) is 18.2 Å². The summed E-state index contributed by atoms with van der Waals surface area (Å²) in [4.78, 5) is 25.6. The second kappa shape index (κ2) is 8.72. The highest BCUT2D eigenvalue weighted by Gasteiger charge is 2.18. The molecule has 4 aromatic rings. The molecule has 1 aliphatic heterocycles. The van der Waals surface area contributed by atoms with Crippen molar-refractivity contribution >= 4 is 27.6 Å². The number of likely N-dealkylation sites (tertiary alicyclic amines) is 1. The average Bonchev–Trinajstić information content (AvgIpc) is 3.42. The molecular weight excluding hydrogens is 407 g/mol. The van der Waals surface area contributed by atoms with E-state index in [1.54, 1.807) is 6.07 Å². The summed E-state index contributed by atoms with van der Waals surface area (Å²) in [5, 5.41) is 3.69. The smallest absolute Gasteiger partial charge is 0.261 e. The van der Waals surface area contributed by atoms with Crippen LogP contribution in [0.3, 0.4) is 0 Å². The fraction of sp³-hybridized carbons (Fsp3) is 0.333. The van der Waals surface area contributed by atoms with Gasteiger partial charge in [0, 0.05) is 6.54 Å². The standard InChI is InChI=1S/C24H27FN6O/c25-16-5-3-6-18-20(16)22(26)21(24(32)30-18)23-28-17-8-7-15(13-19(17)29-23)14-27-9-4-12-31-10-1-2-11-31/h3,5-8,13,27H,1-2,4,9-12,14H2,(H,28,29)(H3,26,30,32). The van der Waals surface area contributed by atoms with E-state index in [9.17, 15) is 9.18 Å². The van der Waals surface area contributed by atoms with Crippen LogP contribution < -0.4 is 16.6 Å². The Kier molecular flexibility index (Phi) is 5.63. The van der Waals surface area contributed by atoms with Crippen LogP contribution in [-0.2, 0) is 6.54 Å². The predicted molar refractivity (Wildman–Crippen MR) is 126 cm³/mol. The van der Waals surface area contributed by atoms with Crippen LogP contribution in [0.25, 0.3) is 33.3 Å². The van der Waals surface area contributed by atoms with E-state index in [2.05, 4.69) is 25.2 Å². The molecule has 1 fully saturated rings. The third kappa shape index (κ3) is 3.99. The molecule has 0 aliphatic carbocycles. The van der Waals surface area contributed by atoms with Crippen LogP contribution in [0.15, 0.2) is 41.2 Å². The second-order valence-electron chi connectivity index (χ2n) is 8.42. The maximum absolute atomic E-state index is 14.4. The minimum absolute atomic E-state index is 0.0841. The number of anilines is 1. The maximum Gasteiger partial charge on any atom is 0.261 e. The Morgan fingerprint density at radius 2 is 1.97 bits per heavy atom. The number of aromatic nitrogens is 3. The average molecular weight is 435 g/mol. The normalized spacial score (nSPS) is 14.7. The lowest BCUT2D eigenvalue weighted by Crippen LogP contribution is -2.24. The van der Waals surface area contributed by atoms with E-state index in [1.165, 1.54) is 38.1 Å². The van der Waals surface area contributed by atoms with Gasteiger partial charge in [0.25, 0.3) is 5.56 Å². The van der Waals surface area contributed by atoms with Gasteiger partial charge in [-0.3, -0.25) is 4.79 Å². The Bertz CT molecular complexity index is 1320. The molecule has 0 atom stereocenters. The first kappa shape index (κ1) is 20.7. The Balaban J connectivity index is 1.34. The van der Waals surface area contributed by atoms with Crippen LogP contribution in [0.5, 0.6) is 0 Å². The number of halogens is 1. The minimum Gasteiger partial charge on any atom is -0.397 e. The molecular formula is C24H27FN6O. The van der Waals surface area contributed by atoms with Gasteiger partial charge in [-0.15, -0.1) is 0 Å². The van der Waals surface area contributed by atoms with E-state index < -0.39 is 11.4 Å². The predicted octanol–water partition coefficient (Wildman–Crippen LogP) is 3.37. The van der Waals surface area contributed by atoms with Gasteiger partial charge in [0.05, 0.1) is 27.6 Å². The number of H-pyrrole nitrogens is 2. The molecule has 0 bridgehead atoms. The summed E-state index contributed by atoms with van der Waals surface area (Å²) in [5.74, 6) is -0.147. The van der Waals surface area contributed by atoms with E-state index in [0.29, 0.717) is 11.3 Å².